The van der Waals surface area contributed by atoms with E-state index in [2.05, 4.69) is 42.2 Å². The summed E-state index contributed by atoms with van der Waals surface area (Å²) in [6.07, 6.45) is 1.21. The predicted octanol–water partition coefficient (Wildman–Crippen LogP) is 2.06. The van der Waals surface area contributed by atoms with Gasteiger partial charge >= 0.3 is 0 Å². The molecule has 2 heteroatoms. The molecule has 1 saturated heterocycles. The minimum absolute atomic E-state index is 0.0510. The van der Waals surface area contributed by atoms with Gasteiger partial charge in [-0.25, -0.2) is 0 Å². The average Bonchev–Trinajstić information content (AvgIpc) is 2.48. The normalized spacial score (nSPS) is 44.7. The Morgan fingerprint density at radius 2 is 2.06 bits per heavy atom. The van der Waals surface area contributed by atoms with E-state index in [1.807, 2.05) is 0 Å². The van der Waals surface area contributed by atoms with Crippen molar-refractivity contribution in [3.63, 3.8) is 0 Å². The number of aliphatic hydroxyl groups is 1. The van der Waals surface area contributed by atoms with Crippen molar-refractivity contribution in [1.82, 2.24) is 4.90 Å². The lowest BCUT2D eigenvalue weighted by atomic mass is 9.51. The molecule has 0 spiro atoms. The van der Waals surface area contributed by atoms with Crippen molar-refractivity contribution in [1.29, 1.82) is 0 Å². The third-order valence-corrected chi connectivity index (χ3v) is 5.40. The van der Waals surface area contributed by atoms with E-state index in [1.165, 1.54) is 18.5 Å². The van der Waals surface area contributed by atoms with Crippen LogP contribution in [0.2, 0.25) is 0 Å². The van der Waals surface area contributed by atoms with Gasteiger partial charge in [0.1, 0.15) is 0 Å². The summed E-state index contributed by atoms with van der Waals surface area (Å²) < 4.78 is 0. The highest BCUT2D eigenvalue weighted by atomic mass is 16.3. The molecule has 90 valence electrons. The number of benzene rings is 1. The Kier molecular flexibility index (Phi) is 1.98. The molecular formula is C15H19NO. The minimum Gasteiger partial charge on any atom is -0.391 e. The van der Waals surface area contributed by atoms with Gasteiger partial charge in [0.25, 0.3) is 0 Å². The number of rotatable bonds is 2. The van der Waals surface area contributed by atoms with E-state index in [1.54, 1.807) is 0 Å². The quantitative estimate of drug-likeness (QED) is 0.839. The zero-order valence-electron chi connectivity index (χ0n) is 10.2. The summed E-state index contributed by atoms with van der Waals surface area (Å²) in [5.41, 5.74) is 1.38. The summed E-state index contributed by atoms with van der Waals surface area (Å²) >= 11 is 0. The standard InChI is InChI=1S/C15H19NO/c1-9(10-5-3-2-4-6-10)16-8-11-7-12-13(11)14(16)15(12)17/h2-6,9,11-15,17H,7-8H2,1H3/t9-,11+,12?,13-,14-,15-/m0/s1. The molecule has 4 rings (SSSR count). The van der Waals surface area contributed by atoms with Crippen molar-refractivity contribution in [3.05, 3.63) is 35.9 Å². The summed E-state index contributed by atoms with van der Waals surface area (Å²) in [6.45, 7) is 3.47. The Bertz CT molecular complexity index is 432. The molecule has 1 aromatic carbocycles. The first-order chi connectivity index (χ1) is 8.27. The van der Waals surface area contributed by atoms with Crippen molar-refractivity contribution >= 4 is 0 Å². The van der Waals surface area contributed by atoms with Crippen molar-refractivity contribution in [2.24, 2.45) is 17.8 Å². The van der Waals surface area contributed by atoms with Crippen LogP contribution >= 0.6 is 0 Å². The number of hydrogen-bond acceptors (Lipinski definition) is 2. The molecule has 1 unspecified atom stereocenters. The first kappa shape index (κ1) is 10.1. The molecule has 1 heterocycles. The molecule has 0 aromatic heterocycles. The van der Waals surface area contributed by atoms with Gasteiger partial charge in [-0.05, 0) is 36.7 Å². The summed E-state index contributed by atoms with van der Waals surface area (Å²) in [5.74, 6) is 2.33. The van der Waals surface area contributed by atoms with Gasteiger partial charge in [0.15, 0.2) is 0 Å². The van der Waals surface area contributed by atoms with Crippen LogP contribution < -0.4 is 0 Å². The molecular weight excluding hydrogens is 210 g/mol. The third-order valence-electron chi connectivity index (χ3n) is 5.40. The van der Waals surface area contributed by atoms with Crippen molar-refractivity contribution in [3.8, 4) is 0 Å². The van der Waals surface area contributed by atoms with E-state index in [9.17, 15) is 5.11 Å². The largest absolute Gasteiger partial charge is 0.391 e. The van der Waals surface area contributed by atoms with Crippen LogP contribution in [0, 0.1) is 17.8 Å². The fourth-order valence-corrected chi connectivity index (χ4v) is 4.40. The number of aliphatic hydroxyl groups excluding tert-OH is 1. The van der Waals surface area contributed by atoms with Gasteiger partial charge < -0.3 is 5.11 Å². The van der Waals surface area contributed by atoms with Gasteiger partial charge in [-0.3, -0.25) is 4.90 Å². The van der Waals surface area contributed by atoms with E-state index in [-0.39, 0.29) is 6.10 Å². The van der Waals surface area contributed by atoms with Crippen molar-refractivity contribution in [2.75, 3.05) is 6.54 Å². The molecule has 0 amide bonds. The molecule has 6 atom stereocenters. The maximum absolute atomic E-state index is 10.1. The van der Waals surface area contributed by atoms with Gasteiger partial charge in [-0.2, -0.15) is 0 Å². The summed E-state index contributed by atoms with van der Waals surface area (Å²) in [4.78, 5) is 2.54. The fraction of sp³-hybridized carbons (Fsp3) is 0.600. The van der Waals surface area contributed by atoms with E-state index < -0.39 is 0 Å². The first-order valence-corrected chi connectivity index (χ1v) is 6.76. The third kappa shape index (κ3) is 1.18. The smallest absolute Gasteiger partial charge is 0.0730 e. The van der Waals surface area contributed by atoms with E-state index in [4.69, 9.17) is 0 Å². The summed E-state index contributed by atoms with van der Waals surface area (Å²) in [5, 5.41) is 10.1. The van der Waals surface area contributed by atoms with Crippen LogP contribution in [-0.2, 0) is 0 Å². The van der Waals surface area contributed by atoms with Crippen LogP contribution in [0.1, 0.15) is 24.9 Å². The molecule has 3 fully saturated rings. The second-order valence-corrected chi connectivity index (χ2v) is 6.00. The van der Waals surface area contributed by atoms with Crippen LogP contribution in [0.5, 0.6) is 0 Å². The number of nitrogens with zero attached hydrogens (tertiary/aromatic N) is 1. The Morgan fingerprint density at radius 1 is 1.29 bits per heavy atom. The van der Waals surface area contributed by atoms with Crippen LogP contribution in [0.3, 0.4) is 0 Å². The Labute approximate surface area is 102 Å². The lowest BCUT2D eigenvalue weighted by Crippen LogP contribution is -2.64. The van der Waals surface area contributed by atoms with Crippen LogP contribution in [0.4, 0.5) is 0 Å². The summed E-state index contributed by atoms with van der Waals surface area (Å²) in [6, 6.07) is 11.6. The monoisotopic (exact) mass is 229 g/mol. The zero-order chi connectivity index (χ0) is 11.6. The molecule has 2 nitrogen and oxygen atoms in total. The topological polar surface area (TPSA) is 23.5 Å². The second kappa shape index (κ2) is 3.33. The molecule has 3 aliphatic rings. The van der Waals surface area contributed by atoms with Gasteiger partial charge in [-0.1, -0.05) is 30.3 Å². The first-order valence-electron chi connectivity index (χ1n) is 6.76. The lowest BCUT2D eigenvalue weighted by molar-refractivity contribution is -0.153. The van der Waals surface area contributed by atoms with Crippen molar-refractivity contribution < 1.29 is 5.11 Å². The molecule has 1 aliphatic heterocycles. The molecule has 17 heavy (non-hydrogen) atoms. The van der Waals surface area contributed by atoms with Gasteiger partial charge in [0.05, 0.1) is 6.10 Å². The maximum Gasteiger partial charge on any atom is 0.0730 e. The SMILES string of the molecule is C[C@@H](c1ccccc1)N1C[C@H]2CC3[C@H]2[C@H]1[C@H]3O. The van der Waals surface area contributed by atoms with E-state index >= 15 is 0 Å². The van der Waals surface area contributed by atoms with Crippen LogP contribution in [-0.4, -0.2) is 28.7 Å². The van der Waals surface area contributed by atoms with E-state index in [0.717, 1.165) is 11.8 Å². The Balaban J connectivity index is 1.60. The molecule has 2 aliphatic carbocycles. The molecule has 0 bridgehead atoms. The number of likely N-dealkylation sites (tertiary alicyclic amines) is 1. The lowest BCUT2D eigenvalue weighted by Gasteiger charge is -2.57. The maximum atomic E-state index is 10.1. The van der Waals surface area contributed by atoms with Crippen LogP contribution in [0.25, 0.3) is 0 Å². The Morgan fingerprint density at radius 3 is 2.82 bits per heavy atom. The highest BCUT2D eigenvalue weighted by molar-refractivity contribution is 5.23. The van der Waals surface area contributed by atoms with Gasteiger partial charge in [0, 0.05) is 18.6 Å². The van der Waals surface area contributed by atoms with E-state index in [0.29, 0.717) is 18.0 Å². The molecule has 2 saturated carbocycles. The molecule has 1 aromatic rings. The minimum atomic E-state index is -0.0510. The van der Waals surface area contributed by atoms with Crippen LogP contribution in [0.15, 0.2) is 30.3 Å². The zero-order valence-corrected chi connectivity index (χ0v) is 10.2. The second-order valence-electron chi connectivity index (χ2n) is 6.00. The molecule has 0 radical (unpaired) electrons. The van der Waals surface area contributed by atoms with Gasteiger partial charge in [0.2, 0.25) is 0 Å². The number of hydrogen-bond donors (Lipinski definition) is 1. The highest BCUT2D eigenvalue weighted by Crippen LogP contribution is 2.61. The fourth-order valence-electron chi connectivity index (χ4n) is 4.40. The predicted molar refractivity (Wildman–Crippen MR) is 66.4 cm³/mol. The molecule has 1 N–H and O–H groups in total. The van der Waals surface area contributed by atoms with Crippen molar-refractivity contribution in [2.45, 2.75) is 31.5 Å². The summed E-state index contributed by atoms with van der Waals surface area (Å²) in [7, 11) is 0. The van der Waals surface area contributed by atoms with Gasteiger partial charge in [-0.15, -0.1) is 0 Å². The Hall–Kier alpha value is -0.860. The highest BCUT2D eigenvalue weighted by Gasteiger charge is 2.66. The average molecular weight is 229 g/mol.